The Kier molecular flexibility index (Phi) is 5.00. The van der Waals surface area contributed by atoms with Crippen molar-refractivity contribution < 1.29 is 0 Å². The zero-order valence-corrected chi connectivity index (χ0v) is 12.4. The van der Waals surface area contributed by atoms with Crippen LogP contribution in [0.15, 0.2) is 12.3 Å². The Morgan fingerprint density at radius 2 is 2.05 bits per heavy atom. The van der Waals surface area contributed by atoms with Gasteiger partial charge < -0.3 is 10.2 Å². The lowest BCUT2D eigenvalue weighted by atomic mass is 9.83. The van der Waals surface area contributed by atoms with Crippen molar-refractivity contribution >= 4 is 11.8 Å². The summed E-state index contributed by atoms with van der Waals surface area (Å²) in [6.07, 6.45) is 9.88. The van der Waals surface area contributed by atoms with E-state index in [1.165, 1.54) is 32.1 Å². The molecule has 2 rings (SSSR count). The summed E-state index contributed by atoms with van der Waals surface area (Å²) in [6, 6.07) is 2.52. The van der Waals surface area contributed by atoms with Crippen molar-refractivity contribution in [2.45, 2.75) is 51.5 Å². The van der Waals surface area contributed by atoms with Gasteiger partial charge >= 0.3 is 0 Å². The molecule has 4 nitrogen and oxygen atoms in total. The molecule has 1 unspecified atom stereocenters. The van der Waals surface area contributed by atoms with Crippen LogP contribution in [0.4, 0.5) is 11.8 Å². The van der Waals surface area contributed by atoms with Crippen molar-refractivity contribution in [3.8, 4) is 0 Å². The van der Waals surface area contributed by atoms with Crippen molar-refractivity contribution in [3.05, 3.63) is 12.3 Å². The summed E-state index contributed by atoms with van der Waals surface area (Å²) in [4.78, 5) is 10.8. The van der Waals surface area contributed by atoms with Gasteiger partial charge in [-0.25, -0.2) is 4.98 Å². The first-order valence-corrected chi connectivity index (χ1v) is 7.47. The van der Waals surface area contributed by atoms with E-state index in [0.717, 1.165) is 24.1 Å². The molecule has 0 aromatic carbocycles. The van der Waals surface area contributed by atoms with E-state index in [0.29, 0.717) is 6.04 Å². The van der Waals surface area contributed by atoms with Crippen molar-refractivity contribution in [1.29, 1.82) is 0 Å². The van der Waals surface area contributed by atoms with Crippen molar-refractivity contribution in [1.82, 2.24) is 9.97 Å². The minimum absolute atomic E-state index is 0.546. The Labute approximate surface area is 116 Å². The molecule has 1 aliphatic carbocycles. The minimum Gasteiger partial charge on any atom is -0.367 e. The first-order chi connectivity index (χ1) is 9.20. The molecule has 1 aliphatic rings. The summed E-state index contributed by atoms with van der Waals surface area (Å²) in [5.41, 5.74) is 0. The summed E-state index contributed by atoms with van der Waals surface area (Å²) in [5, 5.41) is 3.62. The number of nitrogens with zero attached hydrogens (tertiary/aromatic N) is 3. The van der Waals surface area contributed by atoms with Crippen molar-refractivity contribution in [2.75, 3.05) is 24.3 Å². The molecule has 0 spiro atoms. The van der Waals surface area contributed by atoms with Crippen molar-refractivity contribution in [3.63, 3.8) is 0 Å². The van der Waals surface area contributed by atoms with Gasteiger partial charge in [0.2, 0.25) is 5.95 Å². The monoisotopic (exact) mass is 262 g/mol. The molecule has 0 aliphatic heterocycles. The zero-order chi connectivity index (χ0) is 13.7. The molecular formula is C15H26N4. The van der Waals surface area contributed by atoms with Crippen LogP contribution in [-0.2, 0) is 0 Å². The average Bonchev–Trinajstić information content (AvgIpc) is 2.46. The first-order valence-electron chi connectivity index (χ1n) is 7.47. The Morgan fingerprint density at radius 3 is 2.68 bits per heavy atom. The third-order valence-corrected chi connectivity index (χ3v) is 4.03. The zero-order valence-electron chi connectivity index (χ0n) is 12.4. The lowest BCUT2D eigenvalue weighted by molar-refractivity contribution is 0.312. The van der Waals surface area contributed by atoms with Crippen LogP contribution in [0.3, 0.4) is 0 Å². The number of hydrogen-bond donors (Lipinski definition) is 1. The van der Waals surface area contributed by atoms with Crippen LogP contribution < -0.4 is 10.2 Å². The van der Waals surface area contributed by atoms with Gasteiger partial charge in [0.25, 0.3) is 0 Å². The van der Waals surface area contributed by atoms with E-state index >= 15 is 0 Å². The standard InChI is InChI=1S/C15H26N4/c1-4-13(12-8-6-5-7-9-12)17-14-10-11-16-15(18-14)19(2)3/h10-13H,4-9H2,1-3H3,(H,16,17,18). The van der Waals surface area contributed by atoms with Crippen LogP contribution in [-0.4, -0.2) is 30.1 Å². The van der Waals surface area contributed by atoms with E-state index in [4.69, 9.17) is 0 Å². The summed E-state index contributed by atoms with van der Waals surface area (Å²) >= 11 is 0. The maximum Gasteiger partial charge on any atom is 0.226 e. The Morgan fingerprint density at radius 1 is 1.32 bits per heavy atom. The number of aromatic nitrogens is 2. The van der Waals surface area contributed by atoms with Gasteiger partial charge in [0.1, 0.15) is 5.82 Å². The second kappa shape index (κ2) is 6.73. The smallest absolute Gasteiger partial charge is 0.226 e. The Bertz CT molecular complexity index is 385. The number of anilines is 2. The maximum absolute atomic E-state index is 4.56. The molecule has 0 saturated heterocycles. The highest BCUT2D eigenvalue weighted by atomic mass is 15.2. The van der Waals surface area contributed by atoms with Crippen molar-refractivity contribution in [2.24, 2.45) is 5.92 Å². The molecule has 106 valence electrons. The highest BCUT2D eigenvalue weighted by Gasteiger charge is 2.22. The fourth-order valence-corrected chi connectivity index (χ4v) is 2.92. The van der Waals surface area contributed by atoms with Gasteiger partial charge in [-0.05, 0) is 31.2 Å². The largest absolute Gasteiger partial charge is 0.367 e. The minimum atomic E-state index is 0.546. The molecule has 1 heterocycles. The van der Waals surface area contributed by atoms with Crippen LogP contribution in [0.1, 0.15) is 45.4 Å². The van der Waals surface area contributed by atoms with E-state index in [1.807, 2.05) is 31.3 Å². The maximum atomic E-state index is 4.56. The molecular weight excluding hydrogens is 236 g/mol. The van der Waals surface area contributed by atoms with E-state index in [1.54, 1.807) is 0 Å². The van der Waals surface area contributed by atoms with Gasteiger partial charge in [0, 0.05) is 26.3 Å². The quantitative estimate of drug-likeness (QED) is 0.884. The van der Waals surface area contributed by atoms with Crippen LogP contribution in [0.2, 0.25) is 0 Å². The molecule has 1 fully saturated rings. The number of hydrogen-bond acceptors (Lipinski definition) is 4. The first kappa shape index (κ1) is 14.1. The molecule has 1 atom stereocenters. The molecule has 1 saturated carbocycles. The highest BCUT2D eigenvalue weighted by molar-refractivity contribution is 5.41. The lowest BCUT2D eigenvalue weighted by Crippen LogP contribution is -2.30. The second-order valence-corrected chi connectivity index (χ2v) is 5.69. The predicted molar refractivity (Wildman–Crippen MR) is 80.6 cm³/mol. The van der Waals surface area contributed by atoms with Gasteiger partial charge in [0.15, 0.2) is 0 Å². The fourth-order valence-electron chi connectivity index (χ4n) is 2.92. The third kappa shape index (κ3) is 3.82. The molecule has 0 amide bonds. The lowest BCUT2D eigenvalue weighted by Gasteiger charge is -2.30. The third-order valence-electron chi connectivity index (χ3n) is 4.03. The van der Waals surface area contributed by atoms with E-state index < -0.39 is 0 Å². The molecule has 1 aromatic rings. The summed E-state index contributed by atoms with van der Waals surface area (Å²) in [6.45, 7) is 2.26. The Balaban J connectivity index is 2.02. The normalized spacial score (nSPS) is 18.1. The van der Waals surface area contributed by atoms with Crippen LogP contribution >= 0.6 is 0 Å². The van der Waals surface area contributed by atoms with Gasteiger partial charge in [-0.2, -0.15) is 4.98 Å². The van der Waals surface area contributed by atoms with E-state index in [2.05, 4.69) is 22.2 Å². The predicted octanol–water partition coefficient (Wildman–Crippen LogP) is 3.31. The molecule has 1 aromatic heterocycles. The Hall–Kier alpha value is -1.32. The SMILES string of the molecule is CCC(Nc1ccnc(N(C)C)n1)C1CCCCC1. The summed E-state index contributed by atoms with van der Waals surface area (Å²) in [7, 11) is 3.94. The number of rotatable bonds is 5. The van der Waals surface area contributed by atoms with Crippen LogP contribution in [0, 0.1) is 5.92 Å². The second-order valence-electron chi connectivity index (χ2n) is 5.69. The topological polar surface area (TPSA) is 41.1 Å². The number of nitrogens with one attached hydrogen (secondary N) is 1. The van der Waals surface area contributed by atoms with Crippen LogP contribution in [0.25, 0.3) is 0 Å². The van der Waals surface area contributed by atoms with Gasteiger partial charge in [-0.3, -0.25) is 0 Å². The summed E-state index contributed by atoms with van der Waals surface area (Å²) in [5.74, 6) is 2.52. The van der Waals surface area contributed by atoms with Gasteiger partial charge in [-0.1, -0.05) is 26.2 Å². The van der Waals surface area contributed by atoms with E-state index in [-0.39, 0.29) is 0 Å². The molecule has 4 heteroatoms. The molecule has 1 N–H and O–H groups in total. The van der Waals surface area contributed by atoms with Crippen LogP contribution in [0.5, 0.6) is 0 Å². The van der Waals surface area contributed by atoms with Gasteiger partial charge in [0.05, 0.1) is 0 Å². The fraction of sp³-hybridized carbons (Fsp3) is 0.733. The van der Waals surface area contributed by atoms with E-state index in [9.17, 15) is 0 Å². The highest BCUT2D eigenvalue weighted by Crippen LogP contribution is 2.29. The summed E-state index contributed by atoms with van der Waals surface area (Å²) < 4.78 is 0. The molecule has 19 heavy (non-hydrogen) atoms. The average molecular weight is 262 g/mol. The van der Waals surface area contributed by atoms with Gasteiger partial charge in [-0.15, -0.1) is 0 Å². The molecule has 0 bridgehead atoms. The molecule has 0 radical (unpaired) electrons.